The number of halogens is 1. The third-order valence-corrected chi connectivity index (χ3v) is 4.95. The van der Waals surface area contributed by atoms with E-state index in [1.165, 1.54) is 12.7 Å². The lowest BCUT2D eigenvalue weighted by Crippen LogP contribution is -2.49. The van der Waals surface area contributed by atoms with E-state index in [1.807, 2.05) is 6.92 Å². The lowest BCUT2D eigenvalue weighted by molar-refractivity contribution is -0.140. The number of fused-ring (bicyclic) bond motifs is 1. The average molecular weight is 389 g/mol. The Morgan fingerprint density at radius 2 is 2.04 bits per heavy atom. The first-order valence-electron chi connectivity index (χ1n) is 9.11. The van der Waals surface area contributed by atoms with Crippen molar-refractivity contribution in [2.75, 3.05) is 12.3 Å². The fourth-order valence-electron chi connectivity index (χ4n) is 3.36. The monoisotopic (exact) mass is 389 g/mol. The van der Waals surface area contributed by atoms with Gasteiger partial charge in [0.1, 0.15) is 30.3 Å². The largest absolute Gasteiger partial charge is 0.382 e. The molecule has 2 atom stereocenters. The summed E-state index contributed by atoms with van der Waals surface area (Å²) in [5.74, 6) is -0.718. The van der Waals surface area contributed by atoms with Gasteiger partial charge in [-0.3, -0.25) is 9.59 Å². The van der Waals surface area contributed by atoms with Gasteiger partial charge >= 0.3 is 0 Å². The Hall–Kier alpha value is -3.04. The third-order valence-electron chi connectivity index (χ3n) is 4.95. The maximum absolute atomic E-state index is 13.7. The second-order valence-electron chi connectivity index (χ2n) is 7.17. The van der Waals surface area contributed by atoms with Crippen LogP contribution in [-0.2, 0) is 16.1 Å². The van der Waals surface area contributed by atoms with Crippen molar-refractivity contribution >= 4 is 28.8 Å². The molecule has 2 aromatic heterocycles. The molecule has 3 rings (SSSR count). The van der Waals surface area contributed by atoms with Crippen LogP contribution in [0.15, 0.2) is 24.1 Å². The SMILES string of the molecule is CC(C)=C(F)CNC(=O)[C@@H]1CC[C@@H](C)N1C(=O)Cn1cnc2c(N)ncnc21. The van der Waals surface area contributed by atoms with Crippen LogP contribution in [0.1, 0.15) is 33.6 Å². The molecule has 9 nitrogen and oxygen atoms in total. The summed E-state index contributed by atoms with van der Waals surface area (Å²) in [6.45, 7) is 4.98. The molecule has 0 radical (unpaired) electrons. The summed E-state index contributed by atoms with van der Waals surface area (Å²) in [6.07, 6.45) is 4.03. The molecule has 0 bridgehead atoms. The van der Waals surface area contributed by atoms with Crippen molar-refractivity contribution < 1.29 is 14.0 Å². The number of aromatic nitrogens is 4. The molecule has 150 valence electrons. The number of imidazole rings is 1. The first kappa shape index (κ1) is 19.7. The van der Waals surface area contributed by atoms with Gasteiger partial charge in [0, 0.05) is 6.04 Å². The van der Waals surface area contributed by atoms with E-state index in [9.17, 15) is 14.0 Å². The van der Waals surface area contributed by atoms with Gasteiger partial charge in [-0.15, -0.1) is 0 Å². The summed E-state index contributed by atoms with van der Waals surface area (Å²) in [7, 11) is 0. The molecule has 2 amide bonds. The van der Waals surface area contributed by atoms with E-state index in [-0.39, 0.29) is 42.6 Å². The fourth-order valence-corrected chi connectivity index (χ4v) is 3.36. The number of nitrogens with one attached hydrogen (secondary N) is 1. The molecule has 28 heavy (non-hydrogen) atoms. The number of hydrogen-bond donors (Lipinski definition) is 2. The molecule has 3 heterocycles. The summed E-state index contributed by atoms with van der Waals surface area (Å²) < 4.78 is 15.3. The Balaban J connectivity index is 1.74. The van der Waals surface area contributed by atoms with Crippen molar-refractivity contribution in [3.63, 3.8) is 0 Å². The molecule has 1 aliphatic heterocycles. The highest BCUT2D eigenvalue weighted by atomic mass is 19.1. The molecular weight excluding hydrogens is 365 g/mol. The topological polar surface area (TPSA) is 119 Å². The minimum Gasteiger partial charge on any atom is -0.382 e. The zero-order valence-electron chi connectivity index (χ0n) is 16.1. The molecule has 0 aliphatic carbocycles. The number of nitrogens with two attached hydrogens (primary N) is 1. The van der Waals surface area contributed by atoms with Crippen molar-refractivity contribution in [3.05, 3.63) is 24.1 Å². The second kappa shape index (κ2) is 7.91. The van der Waals surface area contributed by atoms with Gasteiger partial charge in [0.25, 0.3) is 0 Å². The summed E-state index contributed by atoms with van der Waals surface area (Å²) in [4.78, 5) is 39.2. The van der Waals surface area contributed by atoms with Gasteiger partial charge in [0.2, 0.25) is 11.8 Å². The quantitative estimate of drug-likeness (QED) is 0.792. The Labute approximate surface area is 161 Å². The van der Waals surface area contributed by atoms with E-state index >= 15 is 0 Å². The summed E-state index contributed by atoms with van der Waals surface area (Å²) >= 11 is 0. The van der Waals surface area contributed by atoms with Gasteiger partial charge in [-0.2, -0.15) is 0 Å². The Kier molecular flexibility index (Phi) is 5.57. The number of carbonyl (C=O) groups is 2. The molecule has 3 N–H and O–H groups in total. The number of nitrogen functional groups attached to an aromatic ring is 1. The molecule has 10 heteroatoms. The first-order valence-corrected chi connectivity index (χ1v) is 9.11. The fraction of sp³-hybridized carbons (Fsp3) is 0.500. The predicted octanol–water partition coefficient (Wildman–Crippen LogP) is 1.17. The van der Waals surface area contributed by atoms with Crippen LogP contribution in [0.2, 0.25) is 0 Å². The molecule has 0 saturated carbocycles. The molecule has 2 aromatic rings. The van der Waals surface area contributed by atoms with Crippen LogP contribution in [0.5, 0.6) is 0 Å². The maximum Gasteiger partial charge on any atom is 0.243 e. The lowest BCUT2D eigenvalue weighted by Gasteiger charge is -2.28. The van der Waals surface area contributed by atoms with Crippen molar-refractivity contribution in [3.8, 4) is 0 Å². The standard InChI is InChI=1S/C18H24FN7O2/c1-10(2)12(19)6-21-18(28)13-5-4-11(3)26(13)14(27)7-25-9-24-15-16(20)22-8-23-17(15)25/h8-9,11,13H,4-7H2,1-3H3,(H,21,28)(H2,20,22,23)/t11-,13+/m1/s1. The van der Waals surface area contributed by atoms with E-state index in [1.54, 1.807) is 23.3 Å². The highest BCUT2D eigenvalue weighted by molar-refractivity contribution is 5.89. The molecule has 0 spiro atoms. The third kappa shape index (κ3) is 3.80. The molecule has 1 saturated heterocycles. The van der Waals surface area contributed by atoms with Crippen molar-refractivity contribution in [1.29, 1.82) is 0 Å². The minimum atomic E-state index is -0.623. The number of carbonyl (C=O) groups excluding carboxylic acids is 2. The molecule has 0 unspecified atom stereocenters. The highest BCUT2D eigenvalue weighted by Gasteiger charge is 2.38. The normalized spacial score (nSPS) is 19.1. The number of nitrogens with zero attached hydrogens (tertiary/aromatic N) is 5. The zero-order chi connectivity index (χ0) is 20.4. The molecule has 1 fully saturated rings. The zero-order valence-corrected chi connectivity index (χ0v) is 16.1. The van der Waals surface area contributed by atoms with Crippen LogP contribution in [-0.4, -0.2) is 54.9 Å². The number of amides is 2. The molecular formula is C18H24FN7O2. The van der Waals surface area contributed by atoms with E-state index in [4.69, 9.17) is 5.73 Å². The highest BCUT2D eigenvalue weighted by Crippen LogP contribution is 2.25. The second-order valence-corrected chi connectivity index (χ2v) is 7.17. The average Bonchev–Trinajstić information content (AvgIpc) is 3.24. The molecule has 0 aromatic carbocycles. The van der Waals surface area contributed by atoms with E-state index in [0.717, 1.165) is 0 Å². The summed E-state index contributed by atoms with van der Waals surface area (Å²) in [5, 5.41) is 2.59. The Bertz CT molecular complexity index is 935. The van der Waals surface area contributed by atoms with E-state index < -0.39 is 6.04 Å². The lowest BCUT2D eigenvalue weighted by atomic mass is 10.2. The van der Waals surface area contributed by atoms with Crippen LogP contribution in [0.3, 0.4) is 0 Å². The Morgan fingerprint density at radius 3 is 2.75 bits per heavy atom. The smallest absolute Gasteiger partial charge is 0.243 e. The van der Waals surface area contributed by atoms with Crippen LogP contribution < -0.4 is 11.1 Å². The van der Waals surface area contributed by atoms with Crippen molar-refractivity contribution in [2.24, 2.45) is 0 Å². The van der Waals surface area contributed by atoms with Crippen LogP contribution in [0.4, 0.5) is 10.2 Å². The Morgan fingerprint density at radius 1 is 1.29 bits per heavy atom. The minimum absolute atomic E-state index is 0.0244. The number of anilines is 1. The van der Waals surface area contributed by atoms with E-state index in [0.29, 0.717) is 29.6 Å². The maximum atomic E-state index is 13.7. The number of hydrogen-bond acceptors (Lipinski definition) is 6. The summed E-state index contributed by atoms with van der Waals surface area (Å²) in [6, 6.07) is -0.715. The van der Waals surface area contributed by atoms with Gasteiger partial charge < -0.3 is 20.5 Å². The summed E-state index contributed by atoms with van der Waals surface area (Å²) in [5.41, 5.74) is 7.18. The van der Waals surface area contributed by atoms with Gasteiger partial charge in [0.15, 0.2) is 11.5 Å². The van der Waals surface area contributed by atoms with Gasteiger partial charge in [-0.1, -0.05) is 0 Å². The van der Waals surface area contributed by atoms with Crippen LogP contribution in [0.25, 0.3) is 11.2 Å². The molecule has 1 aliphatic rings. The van der Waals surface area contributed by atoms with Crippen LogP contribution >= 0.6 is 0 Å². The predicted molar refractivity (Wildman–Crippen MR) is 102 cm³/mol. The van der Waals surface area contributed by atoms with Gasteiger partial charge in [0.05, 0.1) is 12.9 Å². The number of rotatable bonds is 5. The van der Waals surface area contributed by atoms with Crippen molar-refractivity contribution in [2.45, 2.75) is 52.2 Å². The van der Waals surface area contributed by atoms with Crippen LogP contribution in [0, 0.1) is 0 Å². The number of allylic oxidation sites excluding steroid dienone is 1. The number of likely N-dealkylation sites (tertiary alicyclic amines) is 1. The van der Waals surface area contributed by atoms with E-state index in [2.05, 4.69) is 20.3 Å². The van der Waals surface area contributed by atoms with Gasteiger partial charge in [-0.25, -0.2) is 19.3 Å². The first-order chi connectivity index (χ1) is 13.3. The van der Waals surface area contributed by atoms with Gasteiger partial charge in [-0.05, 0) is 39.2 Å². The van der Waals surface area contributed by atoms with Crippen molar-refractivity contribution in [1.82, 2.24) is 29.7 Å².